The van der Waals surface area contributed by atoms with Crippen LogP contribution in [-0.2, 0) is 17.8 Å². The van der Waals surface area contributed by atoms with Gasteiger partial charge in [0.25, 0.3) is 0 Å². The van der Waals surface area contributed by atoms with E-state index in [1.165, 1.54) is 11.1 Å². The van der Waals surface area contributed by atoms with Gasteiger partial charge in [0.15, 0.2) is 11.5 Å². The molecule has 2 aromatic rings. The number of hydrogen-bond acceptors (Lipinski definition) is 5. The lowest BCUT2D eigenvalue weighted by Crippen LogP contribution is -2.47. The molecule has 0 bridgehead atoms. The summed E-state index contributed by atoms with van der Waals surface area (Å²) in [6, 6.07) is 12.3. The fraction of sp³-hybridized carbons (Fsp3) is 0.400. The monoisotopic (exact) mass is 420 g/mol. The smallest absolute Gasteiger partial charge is 0.246 e. The zero-order chi connectivity index (χ0) is 21.0. The van der Waals surface area contributed by atoms with Gasteiger partial charge in [-0.1, -0.05) is 18.2 Å². The number of fused-ring (bicyclic) bond motifs is 2. The Morgan fingerprint density at radius 1 is 0.871 bits per heavy atom. The molecule has 5 rings (SSSR count). The summed E-state index contributed by atoms with van der Waals surface area (Å²) in [5.41, 5.74) is 3.57. The molecule has 0 aromatic heterocycles. The fourth-order valence-electron chi connectivity index (χ4n) is 4.28. The topological polar surface area (TPSA) is 51.2 Å². The maximum atomic E-state index is 12.7. The molecule has 6 heteroatoms. The molecule has 0 saturated carbocycles. The summed E-state index contributed by atoms with van der Waals surface area (Å²) in [5.74, 6) is 2.60. The molecule has 1 amide bonds. The molecule has 1 fully saturated rings. The Balaban J connectivity index is 1.14. The van der Waals surface area contributed by atoms with E-state index in [9.17, 15) is 4.79 Å². The first-order chi connectivity index (χ1) is 15.2. The van der Waals surface area contributed by atoms with Crippen LogP contribution in [0.1, 0.15) is 23.1 Å². The van der Waals surface area contributed by atoms with Crippen molar-refractivity contribution in [3.63, 3.8) is 0 Å². The molecule has 0 unspecified atom stereocenters. The third-order valence-electron chi connectivity index (χ3n) is 6.03. The Kier molecular flexibility index (Phi) is 5.80. The van der Waals surface area contributed by atoms with Crippen molar-refractivity contribution < 1.29 is 19.0 Å². The second-order valence-corrected chi connectivity index (χ2v) is 8.23. The number of piperazine rings is 1. The van der Waals surface area contributed by atoms with Crippen LogP contribution in [-0.4, -0.2) is 61.7 Å². The number of carbonyl (C=O) groups is 1. The highest BCUT2D eigenvalue weighted by Gasteiger charge is 2.20. The SMILES string of the molecule is O=C(C=Cc1ccc2c(c1)OCCCO2)N1CCN(Cc2ccc3c(c2)CCO3)CC1. The zero-order valence-corrected chi connectivity index (χ0v) is 17.7. The summed E-state index contributed by atoms with van der Waals surface area (Å²) in [6.07, 6.45) is 5.40. The van der Waals surface area contributed by atoms with Gasteiger partial charge in [0.1, 0.15) is 5.75 Å². The second-order valence-electron chi connectivity index (χ2n) is 8.23. The molecular formula is C25H28N2O4. The van der Waals surface area contributed by atoms with E-state index in [2.05, 4.69) is 23.1 Å². The maximum Gasteiger partial charge on any atom is 0.246 e. The Hall–Kier alpha value is -2.99. The average molecular weight is 421 g/mol. The minimum Gasteiger partial charge on any atom is -0.493 e. The largest absolute Gasteiger partial charge is 0.493 e. The van der Waals surface area contributed by atoms with Crippen molar-refractivity contribution in [2.45, 2.75) is 19.4 Å². The highest BCUT2D eigenvalue weighted by molar-refractivity contribution is 5.92. The second kappa shape index (κ2) is 9.02. The number of ether oxygens (including phenoxy) is 3. The summed E-state index contributed by atoms with van der Waals surface area (Å²) >= 11 is 0. The van der Waals surface area contributed by atoms with E-state index in [4.69, 9.17) is 14.2 Å². The molecular weight excluding hydrogens is 392 g/mol. The van der Waals surface area contributed by atoms with Gasteiger partial charge in [-0.15, -0.1) is 0 Å². The van der Waals surface area contributed by atoms with Crippen LogP contribution in [0.5, 0.6) is 17.2 Å². The molecule has 162 valence electrons. The van der Waals surface area contributed by atoms with E-state index in [0.29, 0.717) is 13.2 Å². The molecule has 3 aliphatic rings. The van der Waals surface area contributed by atoms with E-state index in [-0.39, 0.29) is 5.91 Å². The minimum absolute atomic E-state index is 0.0569. The summed E-state index contributed by atoms with van der Waals surface area (Å²) in [5, 5.41) is 0. The van der Waals surface area contributed by atoms with Gasteiger partial charge in [-0.3, -0.25) is 9.69 Å². The van der Waals surface area contributed by atoms with Crippen LogP contribution in [0.15, 0.2) is 42.5 Å². The van der Waals surface area contributed by atoms with E-state index < -0.39 is 0 Å². The number of hydrogen-bond donors (Lipinski definition) is 0. The third kappa shape index (κ3) is 4.69. The standard InChI is InChI=1S/C25H28N2O4/c28-25(7-4-19-2-6-23-24(17-19)30-14-1-13-29-23)27-11-9-26(10-12-27)18-20-3-5-22-21(16-20)8-15-31-22/h2-7,16-17H,1,8-15,18H2. The lowest BCUT2D eigenvalue weighted by Gasteiger charge is -2.34. The normalized spacial score (nSPS) is 18.5. The Morgan fingerprint density at radius 2 is 1.65 bits per heavy atom. The first-order valence-corrected chi connectivity index (χ1v) is 11.1. The average Bonchev–Trinajstić information content (AvgIpc) is 3.14. The number of carbonyl (C=O) groups excluding carboxylic acids is 1. The third-order valence-corrected chi connectivity index (χ3v) is 6.03. The first kappa shape index (κ1) is 19.9. The molecule has 0 spiro atoms. The lowest BCUT2D eigenvalue weighted by atomic mass is 10.1. The van der Waals surface area contributed by atoms with Crippen molar-refractivity contribution in [1.82, 2.24) is 9.80 Å². The minimum atomic E-state index is 0.0569. The molecule has 2 aromatic carbocycles. The summed E-state index contributed by atoms with van der Waals surface area (Å²) in [6.45, 7) is 6.31. The van der Waals surface area contributed by atoms with Crippen molar-refractivity contribution in [3.05, 3.63) is 59.2 Å². The van der Waals surface area contributed by atoms with Crippen LogP contribution in [0, 0.1) is 0 Å². The van der Waals surface area contributed by atoms with Crippen LogP contribution in [0.3, 0.4) is 0 Å². The Bertz CT molecular complexity index is 979. The molecule has 31 heavy (non-hydrogen) atoms. The van der Waals surface area contributed by atoms with Gasteiger partial charge in [0.2, 0.25) is 5.91 Å². The summed E-state index contributed by atoms with van der Waals surface area (Å²) in [7, 11) is 0. The number of amides is 1. The molecule has 3 aliphatic heterocycles. The number of benzene rings is 2. The maximum absolute atomic E-state index is 12.7. The lowest BCUT2D eigenvalue weighted by molar-refractivity contribution is -0.127. The zero-order valence-electron chi connectivity index (χ0n) is 17.7. The predicted molar refractivity (Wildman–Crippen MR) is 119 cm³/mol. The van der Waals surface area contributed by atoms with Gasteiger partial charge in [0, 0.05) is 51.6 Å². The summed E-state index contributed by atoms with van der Waals surface area (Å²) < 4.78 is 17.0. The van der Waals surface area contributed by atoms with Crippen LogP contribution < -0.4 is 14.2 Å². The van der Waals surface area contributed by atoms with Crippen molar-refractivity contribution in [1.29, 1.82) is 0 Å². The van der Waals surface area contributed by atoms with Gasteiger partial charge in [-0.05, 0) is 41.0 Å². The van der Waals surface area contributed by atoms with Gasteiger partial charge >= 0.3 is 0 Å². The van der Waals surface area contributed by atoms with Crippen LogP contribution in [0.2, 0.25) is 0 Å². The summed E-state index contributed by atoms with van der Waals surface area (Å²) in [4.78, 5) is 17.0. The molecule has 0 radical (unpaired) electrons. The first-order valence-electron chi connectivity index (χ1n) is 11.1. The number of nitrogens with zero attached hydrogens (tertiary/aromatic N) is 2. The fourth-order valence-corrected chi connectivity index (χ4v) is 4.28. The van der Waals surface area contributed by atoms with E-state index in [0.717, 1.165) is 75.0 Å². The van der Waals surface area contributed by atoms with Crippen molar-refractivity contribution in [3.8, 4) is 17.2 Å². The Labute approximate surface area is 183 Å². The Morgan fingerprint density at radius 3 is 2.52 bits per heavy atom. The van der Waals surface area contributed by atoms with Crippen LogP contribution in [0.4, 0.5) is 0 Å². The molecule has 0 aliphatic carbocycles. The van der Waals surface area contributed by atoms with Gasteiger partial charge in [-0.2, -0.15) is 0 Å². The molecule has 1 saturated heterocycles. The molecule has 3 heterocycles. The number of rotatable bonds is 4. The quantitative estimate of drug-likeness (QED) is 0.712. The van der Waals surface area contributed by atoms with Crippen LogP contribution in [0.25, 0.3) is 6.08 Å². The highest BCUT2D eigenvalue weighted by atomic mass is 16.5. The van der Waals surface area contributed by atoms with Gasteiger partial charge < -0.3 is 19.1 Å². The molecule has 6 nitrogen and oxygen atoms in total. The van der Waals surface area contributed by atoms with Crippen LogP contribution >= 0.6 is 0 Å². The molecule has 0 atom stereocenters. The van der Waals surface area contributed by atoms with E-state index >= 15 is 0 Å². The van der Waals surface area contributed by atoms with Crippen molar-refractivity contribution in [2.24, 2.45) is 0 Å². The van der Waals surface area contributed by atoms with Gasteiger partial charge in [-0.25, -0.2) is 0 Å². The predicted octanol–water partition coefficient (Wildman–Crippen LogP) is 3.14. The van der Waals surface area contributed by atoms with E-state index in [1.807, 2.05) is 29.2 Å². The van der Waals surface area contributed by atoms with Crippen molar-refractivity contribution >= 4 is 12.0 Å². The highest BCUT2D eigenvalue weighted by Crippen LogP contribution is 2.31. The van der Waals surface area contributed by atoms with Crippen molar-refractivity contribution in [2.75, 3.05) is 46.0 Å². The molecule has 0 N–H and O–H groups in total. The van der Waals surface area contributed by atoms with Gasteiger partial charge in [0.05, 0.1) is 19.8 Å². The van der Waals surface area contributed by atoms with E-state index in [1.54, 1.807) is 6.08 Å².